The Bertz CT molecular complexity index is 555. The third-order valence-electron chi connectivity index (χ3n) is 3.09. The molecule has 0 aliphatic carbocycles. The van der Waals surface area contributed by atoms with E-state index >= 15 is 0 Å². The third kappa shape index (κ3) is 2.97. The van der Waals surface area contributed by atoms with Crippen LogP contribution in [0.15, 0.2) is 30.6 Å². The zero-order valence-corrected chi connectivity index (χ0v) is 11.1. The molecule has 5 nitrogen and oxygen atoms in total. The summed E-state index contributed by atoms with van der Waals surface area (Å²) in [5.41, 5.74) is 1.29. The van der Waals surface area contributed by atoms with Crippen molar-refractivity contribution in [2.45, 2.75) is 19.9 Å². The summed E-state index contributed by atoms with van der Waals surface area (Å²) in [7, 11) is 0.0950. The zero-order valence-electron chi connectivity index (χ0n) is 11.1. The van der Waals surface area contributed by atoms with Crippen molar-refractivity contribution in [2.75, 3.05) is 7.11 Å². The van der Waals surface area contributed by atoms with E-state index in [0.29, 0.717) is 17.8 Å². The number of aromatic nitrogens is 2. The van der Waals surface area contributed by atoms with E-state index in [-0.39, 0.29) is 0 Å². The summed E-state index contributed by atoms with van der Waals surface area (Å²) in [5, 5.41) is 18.8. The largest absolute Gasteiger partial charge is 0.497 e. The summed E-state index contributed by atoms with van der Waals surface area (Å²) in [5.74, 6) is 1.65. The van der Waals surface area contributed by atoms with Gasteiger partial charge in [-0.05, 0) is 23.2 Å². The molecule has 0 spiro atoms. The highest BCUT2D eigenvalue weighted by Crippen LogP contribution is 2.13. The first kappa shape index (κ1) is 13.6. The monoisotopic (exact) mass is 260 g/mol. The van der Waals surface area contributed by atoms with E-state index in [1.165, 1.54) is 0 Å². The lowest BCUT2D eigenvalue weighted by Crippen LogP contribution is -2.33. The molecule has 2 N–H and O–H groups in total. The Morgan fingerprint density at radius 1 is 1.37 bits per heavy atom. The summed E-state index contributed by atoms with van der Waals surface area (Å²) in [6.07, 6.45) is 4.45. The Labute approximate surface area is 112 Å². The lowest BCUT2D eigenvalue weighted by Gasteiger charge is -2.13. The van der Waals surface area contributed by atoms with Crippen molar-refractivity contribution in [3.63, 3.8) is 0 Å². The molecule has 19 heavy (non-hydrogen) atoms. The second kappa shape index (κ2) is 5.90. The van der Waals surface area contributed by atoms with Crippen LogP contribution in [0.4, 0.5) is 0 Å². The van der Waals surface area contributed by atoms with Gasteiger partial charge in [0, 0.05) is 25.4 Å². The van der Waals surface area contributed by atoms with Crippen LogP contribution in [-0.4, -0.2) is 33.8 Å². The van der Waals surface area contributed by atoms with Crippen LogP contribution in [0.3, 0.4) is 0 Å². The molecule has 1 heterocycles. The van der Waals surface area contributed by atoms with Gasteiger partial charge in [0.2, 0.25) is 0 Å². The van der Waals surface area contributed by atoms with Crippen molar-refractivity contribution in [1.29, 1.82) is 0 Å². The molecule has 1 aromatic carbocycles. The Balaban J connectivity index is 2.37. The molecule has 0 radical (unpaired) electrons. The number of benzene rings is 1. The molecule has 0 aliphatic heterocycles. The summed E-state index contributed by atoms with van der Waals surface area (Å²) in [6.45, 7) is 2.57. The highest BCUT2D eigenvalue weighted by atomic mass is 16.5. The molecular formula is C13H17BN2O3. The quantitative estimate of drug-likeness (QED) is 0.753. The number of nitrogens with zero attached hydrogens (tertiary/aromatic N) is 2. The number of aryl methyl sites for hydroxylation is 1. The van der Waals surface area contributed by atoms with Crippen molar-refractivity contribution >= 4 is 12.6 Å². The predicted octanol–water partition coefficient (Wildman–Crippen LogP) is 0.182. The molecule has 0 saturated heterocycles. The minimum Gasteiger partial charge on any atom is -0.497 e. The summed E-state index contributed by atoms with van der Waals surface area (Å²) >= 11 is 0. The van der Waals surface area contributed by atoms with Crippen LogP contribution in [0.1, 0.15) is 18.3 Å². The van der Waals surface area contributed by atoms with Crippen LogP contribution in [0, 0.1) is 0 Å². The first-order valence-electron chi connectivity index (χ1n) is 6.18. The van der Waals surface area contributed by atoms with Crippen molar-refractivity contribution in [2.24, 2.45) is 0 Å². The number of methoxy groups -OCH3 is 1. The smallest absolute Gasteiger partial charge is 0.488 e. The molecule has 0 unspecified atom stereocenters. The molecule has 0 fully saturated rings. The van der Waals surface area contributed by atoms with Gasteiger partial charge in [0.15, 0.2) is 0 Å². The Kier molecular flexibility index (Phi) is 4.24. The Morgan fingerprint density at radius 3 is 2.79 bits per heavy atom. The molecule has 2 rings (SSSR count). The molecule has 2 aromatic rings. The minimum atomic E-state index is -1.49. The standard InChI is InChI=1S/C13H17BN2O3/c1-3-13-15-6-7-16(13)9-10-8-11(19-2)4-5-12(10)14(17)18/h4-8,17-18H,3,9H2,1-2H3. The average Bonchev–Trinajstić information content (AvgIpc) is 2.85. The van der Waals surface area contributed by atoms with Gasteiger partial charge < -0.3 is 19.4 Å². The predicted molar refractivity (Wildman–Crippen MR) is 73.5 cm³/mol. The molecule has 100 valence electrons. The van der Waals surface area contributed by atoms with E-state index in [1.807, 2.05) is 23.8 Å². The van der Waals surface area contributed by atoms with E-state index < -0.39 is 7.12 Å². The molecule has 0 bridgehead atoms. The number of imidazole rings is 1. The van der Waals surface area contributed by atoms with Gasteiger partial charge in [-0.3, -0.25) is 0 Å². The van der Waals surface area contributed by atoms with E-state index in [0.717, 1.165) is 17.8 Å². The van der Waals surface area contributed by atoms with Gasteiger partial charge in [0.25, 0.3) is 0 Å². The summed E-state index contributed by atoms with van der Waals surface area (Å²) in [4.78, 5) is 4.25. The van der Waals surface area contributed by atoms with E-state index in [1.54, 1.807) is 25.4 Å². The number of rotatable bonds is 5. The minimum absolute atomic E-state index is 0.483. The van der Waals surface area contributed by atoms with Gasteiger partial charge in [-0.1, -0.05) is 13.0 Å². The van der Waals surface area contributed by atoms with E-state index in [9.17, 15) is 10.0 Å². The molecule has 0 saturated carbocycles. The molecule has 0 amide bonds. The second-order valence-corrected chi connectivity index (χ2v) is 4.26. The van der Waals surface area contributed by atoms with Crippen molar-refractivity contribution in [3.05, 3.63) is 42.0 Å². The van der Waals surface area contributed by atoms with Crippen molar-refractivity contribution in [3.8, 4) is 5.75 Å². The fourth-order valence-electron chi connectivity index (χ4n) is 2.08. The number of hydrogen-bond donors (Lipinski definition) is 2. The van der Waals surface area contributed by atoms with E-state index in [4.69, 9.17) is 4.74 Å². The average molecular weight is 260 g/mol. The van der Waals surface area contributed by atoms with Crippen LogP contribution < -0.4 is 10.2 Å². The molecule has 1 aromatic heterocycles. The van der Waals surface area contributed by atoms with Crippen LogP contribution in [0.2, 0.25) is 0 Å². The maximum Gasteiger partial charge on any atom is 0.488 e. The molecule has 0 aliphatic rings. The number of hydrogen-bond acceptors (Lipinski definition) is 4. The summed E-state index contributed by atoms with van der Waals surface area (Å²) < 4.78 is 7.16. The normalized spacial score (nSPS) is 10.5. The summed E-state index contributed by atoms with van der Waals surface area (Å²) in [6, 6.07) is 5.20. The first-order chi connectivity index (χ1) is 9.15. The fraction of sp³-hybridized carbons (Fsp3) is 0.308. The van der Waals surface area contributed by atoms with Gasteiger partial charge in [-0.25, -0.2) is 4.98 Å². The van der Waals surface area contributed by atoms with E-state index in [2.05, 4.69) is 4.98 Å². The third-order valence-corrected chi connectivity index (χ3v) is 3.09. The van der Waals surface area contributed by atoms with Crippen LogP contribution in [-0.2, 0) is 13.0 Å². The first-order valence-corrected chi connectivity index (χ1v) is 6.18. The van der Waals surface area contributed by atoms with Gasteiger partial charge >= 0.3 is 7.12 Å². The SMILES string of the molecule is CCc1nccn1Cc1cc(OC)ccc1B(O)O. The highest BCUT2D eigenvalue weighted by molar-refractivity contribution is 6.59. The van der Waals surface area contributed by atoms with Crippen LogP contribution in [0.25, 0.3) is 0 Å². The Hall–Kier alpha value is -1.79. The van der Waals surface area contributed by atoms with Crippen molar-refractivity contribution in [1.82, 2.24) is 9.55 Å². The van der Waals surface area contributed by atoms with Gasteiger partial charge in [0.05, 0.1) is 7.11 Å². The van der Waals surface area contributed by atoms with Gasteiger partial charge in [0.1, 0.15) is 11.6 Å². The maximum atomic E-state index is 9.41. The molecule has 6 heteroatoms. The maximum absolute atomic E-state index is 9.41. The molecular weight excluding hydrogens is 243 g/mol. The highest BCUT2D eigenvalue weighted by Gasteiger charge is 2.17. The van der Waals surface area contributed by atoms with Crippen LogP contribution >= 0.6 is 0 Å². The van der Waals surface area contributed by atoms with Gasteiger partial charge in [-0.15, -0.1) is 0 Å². The van der Waals surface area contributed by atoms with Gasteiger partial charge in [-0.2, -0.15) is 0 Å². The zero-order chi connectivity index (χ0) is 13.8. The molecule has 0 atom stereocenters. The topological polar surface area (TPSA) is 67.5 Å². The van der Waals surface area contributed by atoms with Crippen molar-refractivity contribution < 1.29 is 14.8 Å². The lowest BCUT2D eigenvalue weighted by atomic mass is 9.77. The number of ether oxygens (including phenoxy) is 1. The second-order valence-electron chi connectivity index (χ2n) is 4.26. The Morgan fingerprint density at radius 2 is 2.16 bits per heavy atom. The fourth-order valence-corrected chi connectivity index (χ4v) is 2.08. The van der Waals surface area contributed by atoms with Crippen LogP contribution in [0.5, 0.6) is 5.75 Å². The lowest BCUT2D eigenvalue weighted by molar-refractivity contribution is 0.413.